The minimum atomic E-state index is -1.50. The summed E-state index contributed by atoms with van der Waals surface area (Å²) in [6.07, 6.45) is 4.59. The molecule has 4 aliphatic carbocycles. The molecule has 11 atom stereocenters. The topological polar surface area (TPSA) is 113 Å². The fraction of sp³-hybridized carbons (Fsp3) is 0.758. The number of aliphatic hydroxyl groups excluding tert-OH is 2. The number of ketones is 1. The van der Waals surface area contributed by atoms with Crippen LogP contribution in [0.2, 0.25) is 0 Å². The van der Waals surface area contributed by atoms with E-state index in [1.807, 2.05) is 6.07 Å². The normalized spacial score (nSPS) is 43.1. The van der Waals surface area contributed by atoms with Crippen molar-refractivity contribution < 1.29 is 34.4 Å². The molecule has 4 aliphatic rings. The van der Waals surface area contributed by atoms with Crippen molar-refractivity contribution in [1.29, 1.82) is 0 Å². The molecular weight excluding hydrogens is 508 g/mol. The maximum absolute atomic E-state index is 13.6. The number of Topliss-reactive ketones (excluding diaryl/α,β-unsaturated/α-hetero) is 1. The Morgan fingerprint density at radius 1 is 1.05 bits per heavy atom. The molecular formula is C33H48O7. The summed E-state index contributed by atoms with van der Waals surface area (Å²) >= 11 is 0. The number of para-hydroxylation sites is 1. The molecule has 40 heavy (non-hydrogen) atoms. The Labute approximate surface area is 238 Å². The minimum Gasteiger partial charge on any atom is -0.496 e. The quantitative estimate of drug-likeness (QED) is 0.327. The van der Waals surface area contributed by atoms with E-state index in [0.717, 1.165) is 19.3 Å². The van der Waals surface area contributed by atoms with Crippen molar-refractivity contribution in [1.82, 2.24) is 0 Å². The first-order chi connectivity index (χ1) is 18.9. The lowest BCUT2D eigenvalue weighted by atomic mass is 9.42. The summed E-state index contributed by atoms with van der Waals surface area (Å²) in [5.41, 5.74) is -1.59. The van der Waals surface area contributed by atoms with Gasteiger partial charge in [0.2, 0.25) is 0 Å². The number of ether oxygens (including phenoxy) is 2. The van der Waals surface area contributed by atoms with E-state index >= 15 is 0 Å². The Morgan fingerprint density at radius 2 is 1.77 bits per heavy atom. The van der Waals surface area contributed by atoms with Crippen molar-refractivity contribution in [2.45, 2.75) is 96.4 Å². The van der Waals surface area contributed by atoms with E-state index in [2.05, 4.69) is 20.8 Å². The lowest BCUT2D eigenvalue weighted by Gasteiger charge is -2.64. The number of esters is 1. The van der Waals surface area contributed by atoms with Gasteiger partial charge in [-0.3, -0.25) is 9.59 Å². The van der Waals surface area contributed by atoms with Crippen molar-refractivity contribution in [3.05, 3.63) is 29.8 Å². The van der Waals surface area contributed by atoms with Crippen molar-refractivity contribution in [2.24, 2.45) is 46.3 Å². The van der Waals surface area contributed by atoms with Gasteiger partial charge in [-0.2, -0.15) is 0 Å². The van der Waals surface area contributed by atoms with Crippen LogP contribution in [0.4, 0.5) is 0 Å². The largest absolute Gasteiger partial charge is 0.496 e. The molecule has 0 spiro atoms. The third-order valence-electron chi connectivity index (χ3n) is 12.4. The molecule has 0 unspecified atom stereocenters. The molecule has 0 bridgehead atoms. The molecule has 0 radical (unpaired) electrons. The third kappa shape index (κ3) is 4.51. The monoisotopic (exact) mass is 556 g/mol. The fourth-order valence-corrected chi connectivity index (χ4v) is 10.1. The zero-order valence-electron chi connectivity index (χ0n) is 24.8. The Bertz CT molecular complexity index is 1120. The van der Waals surface area contributed by atoms with E-state index in [1.54, 1.807) is 18.2 Å². The average Bonchev–Trinajstić information content (AvgIpc) is 3.31. The number of carbonyl (C=O) groups excluding carboxylic acids is 2. The van der Waals surface area contributed by atoms with E-state index < -0.39 is 17.8 Å². The summed E-state index contributed by atoms with van der Waals surface area (Å²) in [4.78, 5) is 25.5. The molecule has 5 rings (SSSR count). The first-order valence-electron chi connectivity index (χ1n) is 15.2. The number of rotatable bonds is 7. The van der Waals surface area contributed by atoms with Gasteiger partial charge in [-0.25, -0.2) is 0 Å². The number of aliphatic hydroxyl groups is 3. The molecule has 4 saturated carbocycles. The number of carbonyl (C=O) groups is 2. The van der Waals surface area contributed by atoms with Crippen LogP contribution in [0, 0.1) is 46.3 Å². The van der Waals surface area contributed by atoms with Crippen molar-refractivity contribution in [3.8, 4) is 5.75 Å². The molecule has 0 aliphatic heterocycles. The molecule has 3 N–H and O–H groups in total. The lowest BCUT2D eigenvalue weighted by Crippen LogP contribution is -2.63. The highest BCUT2D eigenvalue weighted by atomic mass is 16.5. The predicted octanol–water partition coefficient (Wildman–Crippen LogP) is 4.80. The van der Waals surface area contributed by atoms with Crippen LogP contribution in [0.1, 0.15) is 88.9 Å². The summed E-state index contributed by atoms with van der Waals surface area (Å²) in [6.45, 7) is 6.68. The summed E-state index contributed by atoms with van der Waals surface area (Å²) in [5.74, 6) is 0.918. The Kier molecular flexibility index (Phi) is 7.90. The standard InChI is InChI=1S/C33H48O7/c1-19(10-13-28(36)40-5)22-11-12-23-29-24(17-27(35)32(22,23)3)31(2)14-15-33(38,18-20(31)16-25(29)34)30(37)21-8-6-7-9-26(21)39-4/h6-9,19-20,22-25,27,29,34-35,38H,10-18H2,1-5H3/t19-,20-,22-,23+,24+,25-,27+,29+,31+,32-,33+/m1/s1. The van der Waals surface area contributed by atoms with Crippen molar-refractivity contribution >= 4 is 11.8 Å². The highest BCUT2D eigenvalue weighted by Gasteiger charge is 2.66. The summed E-state index contributed by atoms with van der Waals surface area (Å²) < 4.78 is 10.3. The van der Waals surface area contributed by atoms with E-state index in [0.29, 0.717) is 49.8 Å². The number of hydrogen-bond donors (Lipinski definition) is 3. The minimum absolute atomic E-state index is 0.0195. The molecule has 222 valence electrons. The van der Waals surface area contributed by atoms with Crippen LogP contribution in [0.15, 0.2) is 24.3 Å². The maximum Gasteiger partial charge on any atom is 0.305 e. The SMILES string of the molecule is COC(=O)CC[C@@H](C)[C@H]1CC[C@H]2[C@@H]3[C@H](O)C[C@@H]4C[C@](O)(C(=O)c5ccccc5OC)CC[C@]4(C)[C@H]3C[C@H](O)[C@]12C. The number of benzene rings is 1. The summed E-state index contributed by atoms with van der Waals surface area (Å²) in [6, 6.07) is 7.04. The van der Waals surface area contributed by atoms with E-state index in [9.17, 15) is 24.9 Å². The van der Waals surface area contributed by atoms with Gasteiger partial charge >= 0.3 is 5.97 Å². The highest BCUT2D eigenvalue weighted by Crippen LogP contribution is 2.69. The second-order valence-electron chi connectivity index (χ2n) is 14.0. The number of fused-ring (bicyclic) bond motifs is 5. The zero-order chi connectivity index (χ0) is 29.0. The second-order valence-corrected chi connectivity index (χ2v) is 14.0. The molecule has 1 aromatic carbocycles. The van der Waals surface area contributed by atoms with Crippen LogP contribution in [0.3, 0.4) is 0 Å². The van der Waals surface area contributed by atoms with Gasteiger partial charge in [0.1, 0.15) is 11.4 Å². The van der Waals surface area contributed by atoms with Gasteiger partial charge in [0.25, 0.3) is 0 Å². The van der Waals surface area contributed by atoms with Crippen molar-refractivity contribution in [2.75, 3.05) is 14.2 Å². The van der Waals surface area contributed by atoms with Crippen LogP contribution in [0.25, 0.3) is 0 Å². The Hall–Kier alpha value is -1.96. The lowest BCUT2D eigenvalue weighted by molar-refractivity contribution is -0.211. The fourth-order valence-electron chi connectivity index (χ4n) is 10.1. The van der Waals surface area contributed by atoms with Gasteiger partial charge < -0.3 is 24.8 Å². The predicted molar refractivity (Wildman–Crippen MR) is 151 cm³/mol. The molecule has 7 heteroatoms. The third-order valence-corrected chi connectivity index (χ3v) is 12.4. The van der Waals surface area contributed by atoms with Gasteiger partial charge in [-0.05, 0) is 110 Å². The molecule has 1 aromatic rings. The molecule has 0 aromatic heterocycles. The van der Waals surface area contributed by atoms with Gasteiger partial charge in [-0.15, -0.1) is 0 Å². The number of hydrogen-bond acceptors (Lipinski definition) is 7. The second kappa shape index (κ2) is 10.7. The van der Waals surface area contributed by atoms with Gasteiger partial charge in [-0.1, -0.05) is 32.9 Å². The molecule has 0 heterocycles. The maximum atomic E-state index is 13.6. The van der Waals surface area contributed by atoms with E-state index in [1.165, 1.54) is 14.2 Å². The molecule has 4 fully saturated rings. The summed E-state index contributed by atoms with van der Waals surface area (Å²) in [7, 11) is 2.95. The van der Waals surface area contributed by atoms with Crippen LogP contribution in [-0.2, 0) is 9.53 Å². The van der Waals surface area contributed by atoms with Crippen molar-refractivity contribution in [3.63, 3.8) is 0 Å². The molecule has 0 saturated heterocycles. The van der Waals surface area contributed by atoms with Gasteiger partial charge in [0.15, 0.2) is 5.78 Å². The molecule has 7 nitrogen and oxygen atoms in total. The Balaban J connectivity index is 1.37. The van der Waals surface area contributed by atoms with Crippen LogP contribution in [-0.4, -0.2) is 59.1 Å². The van der Waals surface area contributed by atoms with Crippen LogP contribution < -0.4 is 4.74 Å². The average molecular weight is 557 g/mol. The smallest absolute Gasteiger partial charge is 0.305 e. The number of methoxy groups -OCH3 is 2. The van der Waals surface area contributed by atoms with Gasteiger partial charge in [0.05, 0.1) is 32.0 Å². The van der Waals surface area contributed by atoms with Gasteiger partial charge in [0, 0.05) is 6.42 Å². The van der Waals surface area contributed by atoms with Crippen LogP contribution >= 0.6 is 0 Å². The Morgan fingerprint density at radius 3 is 2.48 bits per heavy atom. The first-order valence-corrected chi connectivity index (χ1v) is 15.2. The van der Waals surface area contributed by atoms with Crippen LogP contribution in [0.5, 0.6) is 5.75 Å². The first kappa shape index (κ1) is 29.5. The van der Waals surface area contributed by atoms with E-state index in [4.69, 9.17) is 9.47 Å². The zero-order valence-corrected chi connectivity index (χ0v) is 24.8. The van der Waals surface area contributed by atoms with E-state index in [-0.39, 0.29) is 58.1 Å². The summed E-state index contributed by atoms with van der Waals surface area (Å²) in [5, 5.41) is 35.3. The molecule has 0 amide bonds. The highest BCUT2D eigenvalue weighted by molar-refractivity contribution is 6.04.